The number of ether oxygens (including phenoxy) is 4. The van der Waals surface area contributed by atoms with Crippen LogP contribution >= 0.6 is 0 Å². The highest BCUT2D eigenvalue weighted by Crippen LogP contribution is 2.59. The molecule has 0 aromatic rings. The Balaban J connectivity index is 1.81. The van der Waals surface area contributed by atoms with Crippen molar-refractivity contribution in [1.29, 1.82) is 0 Å². The molecule has 7 nitrogen and oxygen atoms in total. The van der Waals surface area contributed by atoms with Gasteiger partial charge in [-0.05, 0) is 26.7 Å². The van der Waals surface area contributed by atoms with E-state index in [1.807, 2.05) is 41.5 Å². The maximum atomic E-state index is 13.0. The minimum atomic E-state index is -0.729. The Morgan fingerprint density at radius 1 is 1.18 bits per heavy atom. The molecule has 158 valence electrons. The van der Waals surface area contributed by atoms with Crippen LogP contribution in [0.3, 0.4) is 0 Å². The second-order valence-electron chi connectivity index (χ2n) is 9.99. The lowest BCUT2D eigenvalue weighted by molar-refractivity contribution is -0.205. The largest absolute Gasteiger partial charge is 0.458 e. The van der Waals surface area contributed by atoms with E-state index < -0.39 is 53.1 Å². The lowest BCUT2D eigenvalue weighted by Crippen LogP contribution is -2.46. The summed E-state index contributed by atoms with van der Waals surface area (Å²) in [5.74, 6) is -2.76. The molecule has 0 amide bonds. The number of carbonyl (C=O) groups is 3. The SMILES string of the molecule is CCC(C)(C)C(=O)OC1C2CC3C1OC(=O)C3C2C(=O)OC(OC)C(C)(C)C. The molecule has 0 spiro atoms. The highest BCUT2D eigenvalue weighted by Gasteiger charge is 2.70. The van der Waals surface area contributed by atoms with Crippen molar-refractivity contribution < 1.29 is 33.3 Å². The summed E-state index contributed by atoms with van der Waals surface area (Å²) in [5, 5.41) is 0. The third-order valence-electron chi connectivity index (χ3n) is 6.64. The predicted octanol–water partition coefficient (Wildman–Crippen LogP) is 2.70. The fourth-order valence-electron chi connectivity index (χ4n) is 4.66. The molecule has 2 bridgehead atoms. The van der Waals surface area contributed by atoms with E-state index in [4.69, 9.17) is 18.9 Å². The third kappa shape index (κ3) is 3.31. The van der Waals surface area contributed by atoms with Gasteiger partial charge in [0.2, 0.25) is 6.29 Å². The van der Waals surface area contributed by atoms with Crippen molar-refractivity contribution in [2.45, 2.75) is 72.9 Å². The average Bonchev–Trinajstić information content (AvgIpc) is 3.21. The fourth-order valence-corrected chi connectivity index (χ4v) is 4.66. The average molecular weight is 396 g/mol. The molecule has 0 aromatic carbocycles. The number of fused-ring (bicyclic) bond motifs is 1. The topological polar surface area (TPSA) is 88.1 Å². The second kappa shape index (κ2) is 7.01. The first-order valence-corrected chi connectivity index (χ1v) is 10.1. The van der Waals surface area contributed by atoms with Crippen molar-refractivity contribution in [2.24, 2.45) is 34.5 Å². The zero-order chi connectivity index (χ0) is 21.0. The van der Waals surface area contributed by atoms with Gasteiger partial charge in [-0.3, -0.25) is 14.4 Å². The molecule has 1 heterocycles. The van der Waals surface area contributed by atoms with Crippen LogP contribution < -0.4 is 0 Å². The second-order valence-corrected chi connectivity index (χ2v) is 9.99. The molecule has 1 aliphatic heterocycles. The lowest BCUT2D eigenvalue weighted by atomic mass is 9.78. The molecule has 2 aliphatic carbocycles. The minimum Gasteiger partial charge on any atom is -0.458 e. The number of esters is 3. The highest BCUT2D eigenvalue weighted by atomic mass is 16.7. The lowest BCUT2D eigenvalue weighted by Gasteiger charge is -2.34. The summed E-state index contributed by atoms with van der Waals surface area (Å²) in [4.78, 5) is 38.1. The zero-order valence-electron chi connectivity index (χ0n) is 17.8. The standard InChI is InChI=1S/C21H32O7/c1-8-21(5,6)18(24)27-15-11-9-10-12(16(22)26-14(10)15)13(11)17(23)28-19(25-7)20(2,3)4/h10-15,19H,8-9H2,1-7H3. The first kappa shape index (κ1) is 21.1. The summed E-state index contributed by atoms with van der Waals surface area (Å²) in [5.41, 5.74) is -1.04. The number of rotatable bonds is 6. The van der Waals surface area contributed by atoms with Crippen LogP contribution in [0.25, 0.3) is 0 Å². The molecule has 7 atom stereocenters. The van der Waals surface area contributed by atoms with Gasteiger partial charge in [0.1, 0.15) is 12.2 Å². The summed E-state index contributed by atoms with van der Waals surface area (Å²) in [7, 11) is 1.49. The molecule has 3 aliphatic rings. The third-order valence-corrected chi connectivity index (χ3v) is 6.64. The summed E-state index contributed by atoms with van der Waals surface area (Å²) in [6.45, 7) is 11.3. The van der Waals surface area contributed by atoms with Crippen LogP contribution in [-0.2, 0) is 33.3 Å². The van der Waals surface area contributed by atoms with Gasteiger partial charge in [-0.2, -0.15) is 0 Å². The summed E-state index contributed by atoms with van der Waals surface area (Å²) in [6, 6.07) is 0. The normalized spacial score (nSPS) is 34.9. The van der Waals surface area contributed by atoms with Gasteiger partial charge in [0.15, 0.2) is 0 Å². The summed E-state index contributed by atoms with van der Waals surface area (Å²) >= 11 is 0. The summed E-state index contributed by atoms with van der Waals surface area (Å²) in [6.07, 6.45) is -0.527. The Hall–Kier alpha value is -1.63. The van der Waals surface area contributed by atoms with E-state index in [1.54, 1.807) is 0 Å². The van der Waals surface area contributed by atoms with Gasteiger partial charge in [0.25, 0.3) is 0 Å². The van der Waals surface area contributed by atoms with Gasteiger partial charge in [-0.25, -0.2) is 0 Å². The van der Waals surface area contributed by atoms with Crippen molar-refractivity contribution in [3.63, 3.8) is 0 Å². The molecular weight excluding hydrogens is 364 g/mol. The van der Waals surface area contributed by atoms with E-state index in [9.17, 15) is 14.4 Å². The van der Waals surface area contributed by atoms with Crippen molar-refractivity contribution >= 4 is 17.9 Å². The first-order chi connectivity index (χ1) is 12.9. The summed E-state index contributed by atoms with van der Waals surface area (Å²) < 4.78 is 22.3. The Kier molecular flexibility index (Phi) is 5.28. The number of hydrogen-bond acceptors (Lipinski definition) is 7. The quantitative estimate of drug-likeness (QED) is 0.387. The van der Waals surface area contributed by atoms with Crippen LogP contribution in [0.15, 0.2) is 0 Å². The van der Waals surface area contributed by atoms with Crippen LogP contribution in [0, 0.1) is 34.5 Å². The molecule has 3 rings (SSSR count). The monoisotopic (exact) mass is 396 g/mol. The van der Waals surface area contributed by atoms with E-state index in [1.165, 1.54) is 7.11 Å². The molecule has 0 radical (unpaired) electrons. The van der Waals surface area contributed by atoms with Crippen LogP contribution in [0.1, 0.15) is 54.4 Å². The van der Waals surface area contributed by atoms with Crippen molar-refractivity contribution in [3.8, 4) is 0 Å². The van der Waals surface area contributed by atoms with Crippen LogP contribution in [-0.4, -0.2) is 43.5 Å². The molecule has 0 aromatic heterocycles. The van der Waals surface area contributed by atoms with Gasteiger partial charge in [0, 0.05) is 24.4 Å². The first-order valence-electron chi connectivity index (χ1n) is 10.1. The van der Waals surface area contributed by atoms with E-state index >= 15 is 0 Å². The van der Waals surface area contributed by atoms with Crippen molar-refractivity contribution in [1.82, 2.24) is 0 Å². The van der Waals surface area contributed by atoms with Crippen LogP contribution in [0.5, 0.6) is 0 Å². The fraction of sp³-hybridized carbons (Fsp3) is 0.857. The van der Waals surface area contributed by atoms with E-state index in [0.29, 0.717) is 12.8 Å². The molecular formula is C21H32O7. The number of carbonyl (C=O) groups excluding carboxylic acids is 3. The number of hydrogen-bond donors (Lipinski definition) is 0. The predicted molar refractivity (Wildman–Crippen MR) is 98.8 cm³/mol. The molecule has 2 saturated carbocycles. The van der Waals surface area contributed by atoms with Gasteiger partial charge in [-0.15, -0.1) is 0 Å². The molecule has 7 heteroatoms. The van der Waals surface area contributed by atoms with Gasteiger partial charge in [0.05, 0.1) is 17.3 Å². The maximum Gasteiger partial charge on any atom is 0.312 e. The minimum absolute atomic E-state index is 0.103. The van der Waals surface area contributed by atoms with Gasteiger partial charge < -0.3 is 18.9 Å². The zero-order valence-corrected chi connectivity index (χ0v) is 17.8. The van der Waals surface area contributed by atoms with Crippen LogP contribution in [0.2, 0.25) is 0 Å². The highest BCUT2D eigenvalue weighted by molar-refractivity contribution is 5.86. The van der Waals surface area contributed by atoms with E-state index in [-0.39, 0.29) is 17.8 Å². The molecule has 0 N–H and O–H groups in total. The van der Waals surface area contributed by atoms with Crippen LogP contribution in [0.4, 0.5) is 0 Å². The van der Waals surface area contributed by atoms with Gasteiger partial charge >= 0.3 is 17.9 Å². The van der Waals surface area contributed by atoms with Crippen molar-refractivity contribution in [3.05, 3.63) is 0 Å². The Morgan fingerprint density at radius 3 is 2.36 bits per heavy atom. The Bertz CT molecular complexity index is 662. The molecule has 1 saturated heterocycles. The van der Waals surface area contributed by atoms with Gasteiger partial charge in [-0.1, -0.05) is 27.7 Å². The maximum absolute atomic E-state index is 13.0. The van der Waals surface area contributed by atoms with E-state index in [0.717, 1.165) is 0 Å². The molecule has 7 unspecified atom stereocenters. The molecule has 3 fully saturated rings. The molecule has 28 heavy (non-hydrogen) atoms. The number of methoxy groups -OCH3 is 1. The smallest absolute Gasteiger partial charge is 0.312 e. The van der Waals surface area contributed by atoms with E-state index in [2.05, 4.69) is 0 Å². The Labute approximate surface area is 166 Å². The van der Waals surface area contributed by atoms with Crippen molar-refractivity contribution in [2.75, 3.05) is 7.11 Å². The Morgan fingerprint density at radius 2 is 1.82 bits per heavy atom.